The Bertz CT molecular complexity index is 692. The van der Waals surface area contributed by atoms with E-state index in [4.69, 9.17) is 16.3 Å². The van der Waals surface area contributed by atoms with E-state index in [1.807, 2.05) is 13.8 Å². The average Bonchev–Trinajstić information content (AvgIpc) is 2.47. The lowest BCUT2D eigenvalue weighted by molar-refractivity contribution is 0.0980. The minimum atomic E-state index is -0.522. The molecule has 4 nitrogen and oxygen atoms in total. The summed E-state index contributed by atoms with van der Waals surface area (Å²) in [6, 6.07) is 7.31. The Morgan fingerprint density at radius 3 is 2.59 bits per heavy atom. The number of benzene rings is 1. The lowest BCUT2D eigenvalue weighted by Gasteiger charge is -2.27. The van der Waals surface area contributed by atoms with Crippen LogP contribution >= 0.6 is 11.6 Å². The van der Waals surface area contributed by atoms with Gasteiger partial charge in [-0.05, 0) is 38.1 Å². The van der Waals surface area contributed by atoms with Gasteiger partial charge in [-0.2, -0.15) is 0 Å². The highest BCUT2D eigenvalue weighted by atomic mass is 35.5. The minimum absolute atomic E-state index is 0.131. The Morgan fingerprint density at radius 1 is 1.32 bits per heavy atom. The normalized spacial score (nSPS) is 10.6. The van der Waals surface area contributed by atoms with Gasteiger partial charge in [0.25, 0.3) is 5.91 Å². The molecule has 0 radical (unpaired) electrons. The maximum Gasteiger partial charge on any atom is 0.258 e. The summed E-state index contributed by atoms with van der Waals surface area (Å²) >= 11 is 5.83. The molecule has 0 saturated carbocycles. The number of methoxy groups -OCH3 is 1. The molecule has 22 heavy (non-hydrogen) atoms. The monoisotopic (exact) mass is 322 g/mol. The van der Waals surface area contributed by atoms with Crippen molar-refractivity contribution in [2.45, 2.75) is 19.9 Å². The van der Waals surface area contributed by atoms with Gasteiger partial charge in [0.2, 0.25) is 0 Å². The van der Waals surface area contributed by atoms with Crippen molar-refractivity contribution in [3.05, 3.63) is 53.1 Å². The first kappa shape index (κ1) is 16.2. The molecule has 0 N–H and O–H groups in total. The van der Waals surface area contributed by atoms with Gasteiger partial charge in [0.15, 0.2) is 11.6 Å². The van der Waals surface area contributed by atoms with Gasteiger partial charge in [-0.1, -0.05) is 11.6 Å². The second-order valence-electron chi connectivity index (χ2n) is 4.95. The van der Waals surface area contributed by atoms with Gasteiger partial charge in [0, 0.05) is 29.6 Å². The third-order valence-electron chi connectivity index (χ3n) is 3.12. The standard InChI is InChI=1S/C16H16ClFN2O2/c1-10(2)20(12-4-5-14(22-3)13(18)9-12)16(21)11-6-7-19-15(17)8-11/h4-10H,1-3H3. The molecule has 2 rings (SSSR count). The van der Waals surface area contributed by atoms with Gasteiger partial charge in [0.05, 0.1) is 7.11 Å². The maximum atomic E-state index is 13.9. The number of amides is 1. The zero-order valence-electron chi connectivity index (χ0n) is 12.5. The molecule has 1 aromatic heterocycles. The molecule has 0 aliphatic carbocycles. The van der Waals surface area contributed by atoms with Gasteiger partial charge in [0.1, 0.15) is 5.15 Å². The number of aromatic nitrogens is 1. The summed E-state index contributed by atoms with van der Waals surface area (Å²) in [5, 5.41) is 0.232. The fourth-order valence-corrected chi connectivity index (χ4v) is 2.30. The fourth-order valence-electron chi connectivity index (χ4n) is 2.13. The molecule has 6 heteroatoms. The van der Waals surface area contributed by atoms with Crippen LogP contribution in [0, 0.1) is 5.82 Å². The quantitative estimate of drug-likeness (QED) is 0.801. The van der Waals surface area contributed by atoms with Crippen LogP contribution in [-0.2, 0) is 0 Å². The van der Waals surface area contributed by atoms with E-state index in [0.29, 0.717) is 11.3 Å². The highest BCUT2D eigenvalue weighted by molar-refractivity contribution is 6.29. The number of carbonyl (C=O) groups excluding carboxylic acids is 1. The Labute approximate surface area is 133 Å². The maximum absolute atomic E-state index is 13.9. The van der Waals surface area contributed by atoms with Crippen molar-refractivity contribution in [1.82, 2.24) is 4.98 Å². The minimum Gasteiger partial charge on any atom is -0.494 e. The number of nitrogens with zero attached hydrogens (tertiary/aromatic N) is 2. The average molecular weight is 323 g/mol. The van der Waals surface area contributed by atoms with Gasteiger partial charge in [-0.15, -0.1) is 0 Å². The zero-order valence-corrected chi connectivity index (χ0v) is 13.3. The molecular formula is C16H16ClFN2O2. The van der Waals surface area contributed by atoms with Crippen LogP contribution in [0.1, 0.15) is 24.2 Å². The Hall–Kier alpha value is -2.14. The molecule has 1 aromatic carbocycles. The highest BCUT2D eigenvalue weighted by Crippen LogP contribution is 2.26. The van der Waals surface area contributed by atoms with Crippen molar-refractivity contribution >= 4 is 23.2 Å². The summed E-state index contributed by atoms with van der Waals surface area (Å²) in [4.78, 5) is 18.0. The van der Waals surface area contributed by atoms with E-state index in [2.05, 4.69) is 4.98 Å². The van der Waals surface area contributed by atoms with Crippen LogP contribution in [0.5, 0.6) is 5.75 Å². The summed E-state index contributed by atoms with van der Waals surface area (Å²) in [5.74, 6) is -0.665. The first-order chi connectivity index (χ1) is 10.4. The first-order valence-electron chi connectivity index (χ1n) is 6.72. The smallest absolute Gasteiger partial charge is 0.258 e. The molecule has 0 aliphatic heterocycles. The van der Waals surface area contributed by atoms with Crippen LogP contribution in [0.2, 0.25) is 5.15 Å². The van der Waals surface area contributed by atoms with Gasteiger partial charge >= 0.3 is 0 Å². The Balaban J connectivity index is 2.42. The molecule has 0 spiro atoms. The molecule has 0 saturated heterocycles. The van der Waals surface area contributed by atoms with Gasteiger partial charge in [-0.3, -0.25) is 4.79 Å². The number of anilines is 1. The summed E-state index contributed by atoms with van der Waals surface area (Å²) in [7, 11) is 1.39. The number of hydrogen-bond donors (Lipinski definition) is 0. The molecule has 0 fully saturated rings. The topological polar surface area (TPSA) is 42.4 Å². The number of carbonyl (C=O) groups is 1. The highest BCUT2D eigenvalue weighted by Gasteiger charge is 2.22. The molecule has 1 heterocycles. The third-order valence-corrected chi connectivity index (χ3v) is 3.33. The van der Waals surface area contributed by atoms with Crippen molar-refractivity contribution in [3.8, 4) is 5.75 Å². The number of rotatable bonds is 4. The molecular weight excluding hydrogens is 307 g/mol. The molecule has 0 bridgehead atoms. The molecule has 0 unspecified atom stereocenters. The first-order valence-corrected chi connectivity index (χ1v) is 7.10. The Kier molecular flexibility index (Phi) is 4.98. The fraction of sp³-hybridized carbons (Fsp3) is 0.250. The van der Waals surface area contributed by atoms with Crippen molar-refractivity contribution in [2.24, 2.45) is 0 Å². The number of hydrogen-bond acceptors (Lipinski definition) is 3. The summed E-state index contributed by atoms with van der Waals surface area (Å²) in [5.41, 5.74) is 0.844. The molecule has 116 valence electrons. The van der Waals surface area contributed by atoms with E-state index >= 15 is 0 Å². The largest absolute Gasteiger partial charge is 0.494 e. The van der Waals surface area contributed by atoms with Crippen LogP contribution in [0.4, 0.5) is 10.1 Å². The van der Waals surface area contributed by atoms with E-state index in [1.54, 1.807) is 12.1 Å². The Morgan fingerprint density at radius 2 is 2.05 bits per heavy atom. The van der Waals surface area contributed by atoms with E-state index in [0.717, 1.165) is 0 Å². The predicted octanol–water partition coefficient (Wildman–Crippen LogP) is 3.94. The molecule has 2 aromatic rings. The van der Waals surface area contributed by atoms with Crippen molar-refractivity contribution in [1.29, 1.82) is 0 Å². The van der Waals surface area contributed by atoms with Crippen molar-refractivity contribution in [3.63, 3.8) is 0 Å². The summed E-state index contributed by atoms with van der Waals surface area (Å²) in [6.45, 7) is 3.70. The lowest BCUT2D eigenvalue weighted by Crippen LogP contribution is -2.37. The second kappa shape index (κ2) is 6.75. The van der Waals surface area contributed by atoms with E-state index < -0.39 is 5.82 Å². The van der Waals surface area contributed by atoms with Crippen molar-refractivity contribution < 1.29 is 13.9 Å². The SMILES string of the molecule is COc1ccc(N(C(=O)c2ccnc(Cl)c2)C(C)C)cc1F. The zero-order chi connectivity index (χ0) is 16.3. The van der Waals surface area contributed by atoms with Crippen molar-refractivity contribution in [2.75, 3.05) is 12.0 Å². The number of halogens is 2. The van der Waals surface area contributed by atoms with Gasteiger partial charge < -0.3 is 9.64 Å². The number of ether oxygens (including phenoxy) is 1. The van der Waals surface area contributed by atoms with E-state index in [1.165, 1.54) is 36.4 Å². The van der Waals surface area contributed by atoms with E-state index in [-0.39, 0.29) is 22.9 Å². The van der Waals surface area contributed by atoms with Crippen LogP contribution in [0.15, 0.2) is 36.5 Å². The van der Waals surface area contributed by atoms with Crippen LogP contribution in [-0.4, -0.2) is 24.0 Å². The third kappa shape index (κ3) is 3.36. The summed E-state index contributed by atoms with van der Waals surface area (Å²) < 4.78 is 18.8. The summed E-state index contributed by atoms with van der Waals surface area (Å²) in [6.07, 6.45) is 1.46. The lowest BCUT2D eigenvalue weighted by atomic mass is 10.1. The van der Waals surface area contributed by atoms with Gasteiger partial charge in [-0.25, -0.2) is 9.37 Å². The predicted molar refractivity (Wildman–Crippen MR) is 84.1 cm³/mol. The van der Waals surface area contributed by atoms with Crippen LogP contribution in [0.3, 0.4) is 0 Å². The van der Waals surface area contributed by atoms with E-state index in [9.17, 15) is 9.18 Å². The molecule has 0 aliphatic rings. The van der Waals surface area contributed by atoms with Crippen LogP contribution < -0.4 is 9.64 Å². The second-order valence-corrected chi connectivity index (χ2v) is 5.34. The molecule has 0 atom stereocenters. The number of pyridine rings is 1. The van der Waals surface area contributed by atoms with Crippen LogP contribution in [0.25, 0.3) is 0 Å². The molecule has 1 amide bonds.